The average Bonchev–Trinajstić information content (AvgIpc) is 2.96. The number of benzene rings is 4. The molecule has 0 spiro atoms. The summed E-state index contributed by atoms with van der Waals surface area (Å²) in [5.41, 5.74) is 1.14. The molecular weight excluding hydrogens is 512 g/mol. The van der Waals surface area contributed by atoms with Crippen LogP contribution >= 0.6 is 0 Å². The van der Waals surface area contributed by atoms with Gasteiger partial charge in [0.25, 0.3) is 0 Å². The second-order valence-corrected chi connectivity index (χ2v) is 8.83. The number of carbonyl (C=O) groups is 2. The number of unbranched alkanes of at least 4 members (excludes halogenated alkanes) is 1. The molecule has 4 aromatic rings. The number of Topliss-reactive ketones (excluding diaryl/α,β-unsaturated/α-hetero) is 2. The van der Waals surface area contributed by atoms with Crippen LogP contribution in [0.2, 0.25) is 0 Å². The SMILES string of the molecule is O=C(CCCCC(=O)c1ccc(O)cc1)c1ccc(O)cc1.Oc1ccc(OCCOc2ccc(O)cc2)cc1. The molecule has 4 N–H and O–H groups in total. The molecule has 0 heterocycles. The predicted octanol–water partition coefficient (Wildman–Crippen LogP) is 6.28. The number of ether oxygens (including phenoxy) is 2. The third-order valence-electron chi connectivity index (χ3n) is 5.73. The summed E-state index contributed by atoms with van der Waals surface area (Å²) in [4.78, 5) is 23.8. The highest BCUT2D eigenvalue weighted by molar-refractivity contribution is 5.97. The van der Waals surface area contributed by atoms with E-state index in [-0.39, 0.29) is 34.6 Å². The molecule has 8 nitrogen and oxygen atoms in total. The summed E-state index contributed by atoms with van der Waals surface area (Å²) < 4.78 is 10.8. The van der Waals surface area contributed by atoms with E-state index in [0.717, 1.165) is 0 Å². The van der Waals surface area contributed by atoms with E-state index < -0.39 is 0 Å². The minimum Gasteiger partial charge on any atom is -0.508 e. The van der Waals surface area contributed by atoms with Crippen molar-refractivity contribution in [1.82, 2.24) is 0 Å². The summed E-state index contributed by atoms with van der Waals surface area (Å²) in [5.74, 6) is 2.08. The smallest absolute Gasteiger partial charge is 0.162 e. The van der Waals surface area contributed by atoms with Crippen molar-refractivity contribution in [2.75, 3.05) is 13.2 Å². The van der Waals surface area contributed by atoms with Gasteiger partial charge in [-0.15, -0.1) is 0 Å². The van der Waals surface area contributed by atoms with Gasteiger partial charge in [0.05, 0.1) is 0 Å². The molecule has 0 aliphatic rings. The second-order valence-electron chi connectivity index (χ2n) is 8.83. The minimum absolute atomic E-state index is 0.0112. The first-order valence-electron chi connectivity index (χ1n) is 12.8. The molecule has 0 unspecified atom stereocenters. The first kappa shape index (κ1) is 29.6. The van der Waals surface area contributed by atoms with Gasteiger partial charge in [-0.25, -0.2) is 0 Å². The minimum atomic E-state index is 0.0112. The van der Waals surface area contributed by atoms with E-state index in [9.17, 15) is 19.8 Å². The highest BCUT2D eigenvalue weighted by atomic mass is 16.5. The fraction of sp³-hybridized carbons (Fsp3) is 0.188. The van der Waals surface area contributed by atoms with Crippen LogP contribution in [0.1, 0.15) is 46.4 Å². The molecule has 4 aromatic carbocycles. The second kappa shape index (κ2) is 15.4. The van der Waals surface area contributed by atoms with Crippen molar-refractivity contribution in [3.05, 3.63) is 108 Å². The number of phenols is 4. The molecule has 0 amide bonds. The molecule has 0 fully saturated rings. The summed E-state index contributed by atoms with van der Waals surface area (Å²) in [6, 6.07) is 25.4. The van der Waals surface area contributed by atoms with Crippen molar-refractivity contribution in [3.8, 4) is 34.5 Å². The average molecular weight is 545 g/mol. The maximum atomic E-state index is 11.9. The van der Waals surface area contributed by atoms with Gasteiger partial charge in [0.1, 0.15) is 47.7 Å². The van der Waals surface area contributed by atoms with Gasteiger partial charge in [-0.1, -0.05) is 0 Å². The van der Waals surface area contributed by atoms with Crippen LogP contribution in [0.4, 0.5) is 0 Å². The Morgan fingerprint density at radius 3 is 1.02 bits per heavy atom. The zero-order valence-electron chi connectivity index (χ0n) is 21.9. The van der Waals surface area contributed by atoms with Crippen LogP contribution in [0, 0.1) is 0 Å². The first-order valence-corrected chi connectivity index (χ1v) is 12.8. The van der Waals surface area contributed by atoms with E-state index in [0.29, 0.717) is 61.5 Å². The molecule has 4 rings (SSSR count). The molecular formula is C32H32O8. The third-order valence-corrected chi connectivity index (χ3v) is 5.73. The number of hydrogen-bond donors (Lipinski definition) is 4. The molecule has 0 saturated carbocycles. The standard InChI is InChI=1S/C18H18O4.C14H14O4/c19-15-9-5-13(6-10-15)17(21)3-1-2-4-18(22)14-7-11-16(20)12-8-14;15-11-1-5-13(6-2-11)17-9-10-18-14-7-3-12(16)4-8-14/h5-12,19-20H,1-4H2;1-8,15-16H,9-10H2. The molecule has 0 saturated heterocycles. The molecule has 0 atom stereocenters. The fourth-order valence-corrected chi connectivity index (χ4v) is 3.56. The van der Waals surface area contributed by atoms with Crippen molar-refractivity contribution in [3.63, 3.8) is 0 Å². The maximum Gasteiger partial charge on any atom is 0.162 e. The summed E-state index contributed by atoms with van der Waals surface area (Å²) in [7, 11) is 0. The van der Waals surface area contributed by atoms with Crippen LogP contribution in [0.5, 0.6) is 34.5 Å². The highest BCUT2D eigenvalue weighted by Crippen LogP contribution is 2.18. The Hall–Kier alpha value is -4.98. The Labute approximate surface area is 232 Å². The predicted molar refractivity (Wildman–Crippen MR) is 151 cm³/mol. The molecule has 0 aliphatic heterocycles. The van der Waals surface area contributed by atoms with Crippen molar-refractivity contribution in [2.24, 2.45) is 0 Å². The fourth-order valence-electron chi connectivity index (χ4n) is 3.56. The number of carbonyl (C=O) groups excluding carboxylic acids is 2. The molecule has 8 heteroatoms. The van der Waals surface area contributed by atoms with E-state index in [1.165, 1.54) is 24.3 Å². The normalized spacial score (nSPS) is 10.2. The van der Waals surface area contributed by atoms with Crippen LogP contribution in [-0.4, -0.2) is 45.2 Å². The Morgan fingerprint density at radius 2 is 0.725 bits per heavy atom. The van der Waals surface area contributed by atoms with Gasteiger partial charge in [-0.3, -0.25) is 9.59 Å². The van der Waals surface area contributed by atoms with Crippen LogP contribution in [0.25, 0.3) is 0 Å². The Kier molecular flexibility index (Phi) is 11.4. The van der Waals surface area contributed by atoms with Crippen LogP contribution < -0.4 is 9.47 Å². The van der Waals surface area contributed by atoms with Gasteiger partial charge in [0, 0.05) is 24.0 Å². The van der Waals surface area contributed by atoms with Gasteiger partial charge in [0.15, 0.2) is 11.6 Å². The lowest BCUT2D eigenvalue weighted by Gasteiger charge is -2.08. The Bertz CT molecular complexity index is 1220. The summed E-state index contributed by atoms with van der Waals surface area (Å²) in [5, 5.41) is 36.5. The monoisotopic (exact) mass is 544 g/mol. The first-order chi connectivity index (χ1) is 19.3. The molecule has 0 aliphatic carbocycles. The zero-order valence-corrected chi connectivity index (χ0v) is 21.9. The lowest BCUT2D eigenvalue weighted by molar-refractivity contribution is 0.0954. The number of ketones is 2. The Balaban J connectivity index is 0.000000225. The van der Waals surface area contributed by atoms with Crippen molar-refractivity contribution in [1.29, 1.82) is 0 Å². The lowest BCUT2D eigenvalue weighted by atomic mass is 10.0. The van der Waals surface area contributed by atoms with Gasteiger partial charge in [-0.05, 0) is 110 Å². The largest absolute Gasteiger partial charge is 0.508 e. The number of rotatable bonds is 12. The number of phenolic OH excluding ortho intramolecular Hbond substituents is 4. The topological polar surface area (TPSA) is 134 Å². The van der Waals surface area contributed by atoms with Crippen molar-refractivity contribution in [2.45, 2.75) is 25.7 Å². The molecule has 0 aromatic heterocycles. The van der Waals surface area contributed by atoms with Gasteiger partial charge >= 0.3 is 0 Å². The summed E-state index contributed by atoms with van der Waals surface area (Å²) in [6.07, 6.45) is 2.05. The van der Waals surface area contributed by atoms with E-state index in [1.54, 1.807) is 72.8 Å². The Morgan fingerprint density at radius 1 is 0.450 bits per heavy atom. The van der Waals surface area contributed by atoms with Crippen molar-refractivity contribution < 1.29 is 39.5 Å². The molecule has 208 valence electrons. The van der Waals surface area contributed by atoms with Crippen LogP contribution in [0.15, 0.2) is 97.1 Å². The van der Waals surface area contributed by atoms with E-state index >= 15 is 0 Å². The summed E-state index contributed by atoms with van der Waals surface area (Å²) >= 11 is 0. The summed E-state index contributed by atoms with van der Waals surface area (Å²) in [6.45, 7) is 0.817. The number of hydrogen-bond acceptors (Lipinski definition) is 8. The zero-order chi connectivity index (χ0) is 28.7. The quantitative estimate of drug-likeness (QED) is 0.121. The highest BCUT2D eigenvalue weighted by Gasteiger charge is 2.08. The third kappa shape index (κ3) is 10.4. The van der Waals surface area contributed by atoms with Gasteiger partial charge in [0.2, 0.25) is 0 Å². The molecule has 0 radical (unpaired) electrons. The number of aromatic hydroxyl groups is 4. The molecule has 40 heavy (non-hydrogen) atoms. The van der Waals surface area contributed by atoms with Gasteiger partial charge < -0.3 is 29.9 Å². The lowest BCUT2D eigenvalue weighted by Crippen LogP contribution is -2.08. The van der Waals surface area contributed by atoms with Crippen LogP contribution in [-0.2, 0) is 0 Å². The molecule has 0 bridgehead atoms. The van der Waals surface area contributed by atoms with Crippen molar-refractivity contribution >= 4 is 11.6 Å². The van der Waals surface area contributed by atoms with E-state index in [4.69, 9.17) is 19.7 Å². The maximum absolute atomic E-state index is 11.9. The van der Waals surface area contributed by atoms with Crippen LogP contribution in [0.3, 0.4) is 0 Å². The van der Waals surface area contributed by atoms with E-state index in [2.05, 4.69) is 0 Å². The van der Waals surface area contributed by atoms with E-state index in [1.807, 2.05) is 0 Å². The van der Waals surface area contributed by atoms with Gasteiger partial charge in [-0.2, -0.15) is 0 Å².